The molecule has 1 atom stereocenters. The lowest BCUT2D eigenvalue weighted by Gasteiger charge is -2.11. The van der Waals surface area contributed by atoms with Gasteiger partial charge in [-0.25, -0.2) is 0 Å². The van der Waals surface area contributed by atoms with Gasteiger partial charge in [-0.2, -0.15) is 0 Å². The summed E-state index contributed by atoms with van der Waals surface area (Å²) in [7, 11) is 1.64. The van der Waals surface area contributed by atoms with E-state index in [0.717, 1.165) is 19.6 Å². The lowest BCUT2D eigenvalue weighted by Crippen LogP contribution is -2.30. The molecule has 1 unspecified atom stereocenters. The van der Waals surface area contributed by atoms with Crippen LogP contribution >= 0.6 is 0 Å². The molecule has 3 N–H and O–H groups in total. The first-order valence-electron chi connectivity index (χ1n) is 6.04. The lowest BCUT2D eigenvalue weighted by molar-refractivity contribution is 0.0963. The minimum atomic E-state index is -0.0375. The van der Waals surface area contributed by atoms with Crippen LogP contribution in [-0.2, 0) is 6.54 Å². The van der Waals surface area contributed by atoms with E-state index in [4.69, 9.17) is 0 Å². The van der Waals surface area contributed by atoms with E-state index in [9.17, 15) is 4.79 Å². The predicted octanol–water partition coefficient (Wildman–Crippen LogP) is 0.498. The molecule has 0 radical (unpaired) electrons. The fraction of sp³-hybridized carbons (Fsp3) is 0.462. The maximum atomic E-state index is 11.4. The van der Waals surface area contributed by atoms with Crippen LogP contribution in [0, 0.1) is 0 Å². The van der Waals surface area contributed by atoms with Crippen molar-refractivity contribution < 1.29 is 4.79 Å². The first kappa shape index (κ1) is 12.1. The van der Waals surface area contributed by atoms with Gasteiger partial charge in [0.05, 0.1) is 0 Å². The molecule has 0 aliphatic carbocycles. The molecule has 17 heavy (non-hydrogen) atoms. The summed E-state index contributed by atoms with van der Waals surface area (Å²) in [6.45, 7) is 3.02. The van der Waals surface area contributed by atoms with Crippen molar-refractivity contribution in [1.82, 2.24) is 16.0 Å². The Labute approximate surface area is 102 Å². The summed E-state index contributed by atoms with van der Waals surface area (Å²) >= 11 is 0. The second-order valence-electron chi connectivity index (χ2n) is 4.35. The predicted molar refractivity (Wildman–Crippen MR) is 67.9 cm³/mol. The Hall–Kier alpha value is -1.39. The SMILES string of the molecule is CNC(=O)c1ccc(CNC2CCNC2)cc1. The molecule has 0 spiro atoms. The third kappa shape index (κ3) is 3.28. The van der Waals surface area contributed by atoms with Crippen LogP contribution in [0.4, 0.5) is 0 Å². The van der Waals surface area contributed by atoms with Gasteiger partial charge in [-0.1, -0.05) is 12.1 Å². The van der Waals surface area contributed by atoms with E-state index in [2.05, 4.69) is 16.0 Å². The lowest BCUT2D eigenvalue weighted by atomic mass is 10.1. The zero-order chi connectivity index (χ0) is 12.1. The van der Waals surface area contributed by atoms with Gasteiger partial charge in [-0.15, -0.1) is 0 Å². The van der Waals surface area contributed by atoms with Gasteiger partial charge in [0, 0.05) is 31.7 Å². The summed E-state index contributed by atoms with van der Waals surface area (Å²) < 4.78 is 0. The largest absolute Gasteiger partial charge is 0.355 e. The molecule has 1 aromatic carbocycles. The van der Waals surface area contributed by atoms with Crippen molar-refractivity contribution in [2.24, 2.45) is 0 Å². The fourth-order valence-electron chi connectivity index (χ4n) is 2.01. The smallest absolute Gasteiger partial charge is 0.251 e. The molecule has 1 fully saturated rings. The summed E-state index contributed by atoms with van der Waals surface area (Å²) in [5, 5.41) is 9.44. The molecular weight excluding hydrogens is 214 g/mol. The van der Waals surface area contributed by atoms with Gasteiger partial charge in [0.2, 0.25) is 0 Å². The van der Waals surface area contributed by atoms with Crippen LogP contribution < -0.4 is 16.0 Å². The van der Waals surface area contributed by atoms with Crippen LogP contribution in [0.2, 0.25) is 0 Å². The maximum absolute atomic E-state index is 11.4. The van der Waals surface area contributed by atoms with E-state index in [0.29, 0.717) is 11.6 Å². The topological polar surface area (TPSA) is 53.2 Å². The number of hydrogen-bond donors (Lipinski definition) is 3. The quantitative estimate of drug-likeness (QED) is 0.710. The molecule has 1 amide bonds. The van der Waals surface area contributed by atoms with Crippen molar-refractivity contribution in [3.8, 4) is 0 Å². The number of benzene rings is 1. The molecule has 0 bridgehead atoms. The second kappa shape index (κ2) is 5.80. The van der Waals surface area contributed by atoms with Crippen molar-refractivity contribution in [1.29, 1.82) is 0 Å². The van der Waals surface area contributed by atoms with Crippen molar-refractivity contribution >= 4 is 5.91 Å². The average molecular weight is 233 g/mol. The second-order valence-corrected chi connectivity index (χ2v) is 4.35. The highest BCUT2D eigenvalue weighted by Crippen LogP contribution is 2.05. The summed E-state index contributed by atoms with van der Waals surface area (Å²) in [4.78, 5) is 11.4. The highest BCUT2D eigenvalue weighted by Gasteiger charge is 2.13. The molecule has 1 aromatic rings. The Bertz CT molecular complexity index is 369. The highest BCUT2D eigenvalue weighted by atomic mass is 16.1. The van der Waals surface area contributed by atoms with E-state index in [1.165, 1.54) is 12.0 Å². The Morgan fingerprint density at radius 2 is 2.18 bits per heavy atom. The summed E-state index contributed by atoms with van der Waals surface area (Å²) in [5.74, 6) is -0.0375. The van der Waals surface area contributed by atoms with Gasteiger partial charge in [-0.3, -0.25) is 4.79 Å². The van der Waals surface area contributed by atoms with Crippen molar-refractivity contribution in [2.45, 2.75) is 19.0 Å². The van der Waals surface area contributed by atoms with Crippen LogP contribution in [0.1, 0.15) is 22.3 Å². The van der Waals surface area contributed by atoms with E-state index in [1.54, 1.807) is 7.05 Å². The number of rotatable bonds is 4. The number of carbonyl (C=O) groups excluding carboxylic acids is 1. The van der Waals surface area contributed by atoms with Crippen molar-refractivity contribution in [2.75, 3.05) is 20.1 Å². The molecule has 92 valence electrons. The highest BCUT2D eigenvalue weighted by molar-refractivity contribution is 5.93. The average Bonchev–Trinajstić information content (AvgIpc) is 2.89. The van der Waals surface area contributed by atoms with Gasteiger partial charge >= 0.3 is 0 Å². The molecule has 1 saturated heterocycles. The standard InChI is InChI=1S/C13H19N3O/c1-14-13(17)11-4-2-10(3-5-11)8-16-12-6-7-15-9-12/h2-5,12,15-16H,6-9H2,1H3,(H,14,17). The van der Waals surface area contributed by atoms with Crippen LogP contribution in [-0.4, -0.2) is 32.1 Å². The normalized spacial score (nSPS) is 19.2. The molecule has 2 rings (SSSR count). The summed E-state index contributed by atoms with van der Waals surface area (Å²) in [6, 6.07) is 8.30. The molecule has 4 nitrogen and oxygen atoms in total. The number of nitrogens with one attached hydrogen (secondary N) is 3. The van der Waals surface area contributed by atoms with E-state index >= 15 is 0 Å². The summed E-state index contributed by atoms with van der Waals surface area (Å²) in [5.41, 5.74) is 1.92. The van der Waals surface area contributed by atoms with Gasteiger partial charge in [0.15, 0.2) is 0 Å². The Balaban J connectivity index is 1.87. The van der Waals surface area contributed by atoms with Gasteiger partial charge in [0.25, 0.3) is 5.91 Å². The zero-order valence-electron chi connectivity index (χ0n) is 10.1. The Morgan fingerprint density at radius 3 is 2.76 bits per heavy atom. The van der Waals surface area contributed by atoms with Crippen molar-refractivity contribution in [3.63, 3.8) is 0 Å². The van der Waals surface area contributed by atoms with Crippen molar-refractivity contribution in [3.05, 3.63) is 35.4 Å². The molecule has 0 saturated carbocycles. The molecule has 0 aromatic heterocycles. The minimum absolute atomic E-state index is 0.0375. The number of amides is 1. The monoisotopic (exact) mass is 233 g/mol. The zero-order valence-corrected chi connectivity index (χ0v) is 10.1. The Morgan fingerprint density at radius 1 is 1.41 bits per heavy atom. The van der Waals surface area contributed by atoms with Gasteiger partial charge in [-0.05, 0) is 30.7 Å². The molecule has 1 aliphatic rings. The first-order valence-corrected chi connectivity index (χ1v) is 6.04. The maximum Gasteiger partial charge on any atom is 0.251 e. The van der Waals surface area contributed by atoms with Crippen LogP contribution in [0.25, 0.3) is 0 Å². The molecule has 4 heteroatoms. The van der Waals surface area contributed by atoms with Crippen LogP contribution in [0.5, 0.6) is 0 Å². The molecular formula is C13H19N3O. The van der Waals surface area contributed by atoms with Gasteiger partial charge in [0.1, 0.15) is 0 Å². The van der Waals surface area contributed by atoms with Gasteiger partial charge < -0.3 is 16.0 Å². The summed E-state index contributed by atoms with van der Waals surface area (Å²) in [6.07, 6.45) is 1.19. The van der Waals surface area contributed by atoms with E-state index in [1.807, 2.05) is 24.3 Å². The van der Waals surface area contributed by atoms with E-state index < -0.39 is 0 Å². The van der Waals surface area contributed by atoms with Crippen LogP contribution in [0.3, 0.4) is 0 Å². The number of carbonyl (C=O) groups is 1. The molecule has 1 aliphatic heterocycles. The third-order valence-electron chi connectivity index (χ3n) is 3.10. The Kier molecular flexibility index (Phi) is 4.12. The first-order chi connectivity index (χ1) is 8.29. The fourth-order valence-corrected chi connectivity index (χ4v) is 2.01. The third-order valence-corrected chi connectivity index (χ3v) is 3.10. The minimum Gasteiger partial charge on any atom is -0.355 e. The van der Waals surface area contributed by atoms with Crippen LogP contribution in [0.15, 0.2) is 24.3 Å². The van der Waals surface area contributed by atoms with E-state index in [-0.39, 0.29) is 5.91 Å². The molecule has 1 heterocycles. The number of hydrogen-bond acceptors (Lipinski definition) is 3.